The second kappa shape index (κ2) is 3.99. The molecule has 2 saturated heterocycles. The summed E-state index contributed by atoms with van der Waals surface area (Å²) in [5.41, 5.74) is 2.76. The van der Waals surface area contributed by atoms with Gasteiger partial charge in [0.2, 0.25) is 6.79 Å². The first-order chi connectivity index (χ1) is 12.2. The summed E-state index contributed by atoms with van der Waals surface area (Å²) in [5, 5.41) is 11.2. The van der Waals surface area contributed by atoms with Gasteiger partial charge in [0.15, 0.2) is 11.5 Å². The summed E-state index contributed by atoms with van der Waals surface area (Å²) in [6, 6.07) is 4.86. The third kappa shape index (κ3) is 1.29. The van der Waals surface area contributed by atoms with Crippen LogP contribution in [0, 0.1) is 5.41 Å². The van der Waals surface area contributed by atoms with E-state index in [1.165, 1.54) is 24.1 Å². The summed E-state index contributed by atoms with van der Waals surface area (Å²) in [4.78, 5) is 5.07. The third-order valence-corrected chi connectivity index (χ3v) is 7.94. The Hall–Kier alpha value is -1.72. The zero-order valence-electron chi connectivity index (χ0n) is 14.1. The van der Waals surface area contributed by atoms with Gasteiger partial charge >= 0.3 is 0 Å². The summed E-state index contributed by atoms with van der Waals surface area (Å²) in [6.45, 7) is 2.52. The minimum atomic E-state index is -0.412. The van der Waals surface area contributed by atoms with E-state index in [2.05, 4.69) is 34.1 Å². The van der Waals surface area contributed by atoms with Crippen LogP contribution in [0.25, 0.3) is 0 Å². The average Bonchev–Trinajstić information content (AvgIpc) is 3.25. The maximum atomic E-state index is 11.2. The van der Waals surface area contributed by atoms with Crippen molar-refractivity contribution in [2.45, 2.75) is 49.4 Å². The maximum Gasteiger partial charge on any atom is 0.231 e. The number of nitrogens with zero attached hydrogens (tertiary/aromatic N) is 2. The van der Waals surface area contributed by atoms with Crippen molar-refractivity contribution in [3.63, 3.8) is 0 Å². The van der Waals surface area contributed by atoms with Crippen molar-refractivity contribution in [2.24, 2.45) is 5.41 Å². The van der Waals surface area contributed by atoms with Gasteiger partial charge in [-0.25, -0.2) is 0 Å². The molecule has 1 aromatic carbocycles. The molecule has 7 rings (SSSR count). The van der Waals surface area contributed by atoms with E-state index in [4.69, 9.17) is 9.47 Å². The maximum absolute atomic E-state index is 11.2. The van der Waals surface area contributed by atoms with Gasteiger partial charge in [-0.15, -0.1) is 0 Å². The zero-order chi connectivity index (χ0) is 16.4. The first kappa shape index (κ1) is 13.5. The molecule has 1 aliphatic carbocycles. The van der Waals surface area contributed by atoms with Crippen LogP contribution < -0.4 is 14.4 Å². The molecule has 1 unspecified atom stereocenters. The molecule has 5 heterocycles. The molecule has 1 aromatic rings. The molecule has 6 aliphatic rings. The largest absolute Gasteiger partial charge is 0.454 e. The van der Waals surface area contributed by atoms with E-state index in [1.807, 2.05) is 0 Å². The highest BCUT2D eigenvalue weighted by molar-refractivity contribution is 5.72. The predicted octanol–water partition coefficient (Wildman–Crippen LogP) is 2.20. The minimum Gasteiger partial charge on any atom is -0.454 e. The van der Waals surface area contributed by atoms with Crippen molar-refractivity contribution in [3.05, 3.63) is 29.8 Å². The Labute approximate surface area is 146 Å². The predicted molar refractivity (Wildman–Crippen MR) is 91.9 cm³/mol. The van der Waals surface area contributed by atoms with E-state index < -0.39 is 6.23 Å². The van der Waals surface area contributed by atoms with E-state index in [-0.39, 0.29) is 11.0 Å². The van der Waals surface area contributed by atoms with Gasteiger partial charge in [0, 0.05) is 42.1 Å². The lowest BCUT2D eigenvalue weighted by atomic mass is 9.63. The van der Waals surface area contributed by atoms with Gasteiger partial charge in [0.1, 0.15) is 6.23 Å². The fourth-order valence-electron chi connectivity index (χ4n) is 7.37. The smallest absolute Gasteiger partial charge is 0.231 e. The van der Waals surface area contributed by atoms with Gasteiger partial charge in [0.05, 0.1) is 5.54 Å². The Balaban J connectivity index is 1.51. The zero-order valence-corrected chi connectivity index (χ0v) is 14.1. The van der Waals surface area contributed by atoms with Crippen LogP contribution in [0.15, 0.2) is 24.3 Å². The first-order valence-electron chi connectivity index (χ1n) is 9.56. The highest BCUT2D eigenvalue weighted by Crippen LogP contribution is 2.70. The van der Waals surface area contributed by atoms with Gasteiger partial charge in [-0.3, -0.25) is 4.90 Å². The summed E-state index contributed by atoms with van der Waals surface area (Å²) in [5.74, 6) is 2.19. The Kier molecular flexibility index (Phi) is 2.15. The quantitative estimate of drug-likeness (QED) is 0.735. The summed E-state index contributed by atoms with van der Waals surface area (Å²) in [7, 11) is 0. The second-order valence-electron chi connectivity index (χ2n) is 8.68. The van der Waals surface area contributed by atoms with Crippen LogP contribution in [-0.4, -0.2) is 47.7 Å². The van der Waals surface area contributed by atoms with Crippen molar-refractivity contribution >= 4 is 5.69 Å². The van der Waals surface area contributed by atoms with Crippen LogP contribution in [-0.2, 0) is 0 Å². The number of ether oxygens (including phenoxy) is 2. The fraction of sp³-hybridized carbons (Fsp3) is 0.600. The van der Waals surface area contributed by atoms with Crippen molar-refractivity contribution in [1.82, 2.24) is 4.90 Å². The lowest BCUT2D eigenvalue weighted by molar-refractivity contribution is -0.0447. The SMILES string of the molecule is OC1C[C@]23C=CCN4CC[C@H]5c6cc7c(cc6N1[C@@]5(CC2)[C@@H]43)OCO7. The second-order valence-corrected chi connectivity index (χ2v) is 8.68. The van der Waals surface area contributed by atoms with Crippen LogP contribution in [0.2, 0.25) is 0 Å². The molecule has 5 nitrogen and oxygen atoms in total. The van der Waals surface area contributed by atoms with Crippen molar-refractivity contribution in [1.29, 1.82) is 0 Å². The monoisotopic (exact) mass is 338 g/mol. The molecule has 2 bridgehead atoms. The molecular weight excluding hydrogens is 316 g/mol. The molecule has 3 fully saturated rings. The summed E-state index contributed by atoms with van der Waals surface area (Å²) >= 11 is 0. The lowest BCUT2D eigenvalue weighted by Crippen LogP contribution is -2.73. The average molecular weight is 338 g/mol. The number of aliphatic hydroxyl groups is 1. The van der Waals surface area contributed by atoms with Gasteiger partial charge in [-0.1, -0.05) is 12.2 Å². The molecule has 5 atom stereocenters. The molecular formula is C20H22N2O3. The molecule has 5 heteroatoms. The third-order valence-electron chi connectivity index (χ3n) is 7.94. The molecule has 0 radical (unpaired) electrons. The standard InChI is InChI=1S/C20H22N2O3/c23-17-10-19-3-1-6-21-7-2-13-12-8-15-16(25-11-24-15)9-14(12)22(17)20(13,5-4-19)18(19)21/h1,3,8-9,13,17-18,23H,2,4-7,10-11H2/t13-,17?,18-,19-,20+/m0/s1. The fourth-order valence-corrected chi connectivity index (χ4v) is 7.37. The number of fused-ring (bicyclic) bond motifs is 4. The van der Waals surface area contributed by atoms with E-state index in [9.17, 15) is 5.11 Å². The Morgan fingerprint density at radius 3 is 2.96 bits per heavy atom. The van der Waals surface area contributed by atoms with Crippen molar-refractivity contribution < 1.29 is 14.6 Å². The normalized spacial score (nSPS) is 44.8. The molecule has 25 heavy (non-hydrogen) atoms. The van der Waals surface area contributed by atoms with Crippen molar-refractivity contribution in [3.8, 4) is 11.5 Å². The van der Waals surface area contributed by atoms with Gasteiger partial charge < -0.3 is 19.5 Å². The van der Waals surface area contributed by atoms with Gasteiger partial charge in [-0.05, 0) is 37.4 Å². The van der Waals surface area contributed by atoms with Crippen LogP contribution >= 0.6 is 0 Å². The number of hydrogen-bond donors (Lipinski definition) is 1. The van der Waals surface area contributed by atoms with Crippen LogP contribution in [0.4, 0.5) is 5.69 Å². The topological polar surface area (TPSA) is 45.2 Å². The molecule has 130 valence electrons. The number of piperidine rings is 2. The number of aliphatic hydroxyl groups excluding tert-OH is 1. The van der Waals surface area contributed by atoms with Crippen molar-refractivity contribution in [2.75, 3.05) is 24.8 Å². The first-order valence-corrected chi connectivity index (χ1v) is 9.56. The minimum absolute atomic E-state index is 0.0398. The molecule has 1 saturated carbocycles. The van der Waals surface area contributed by atoms with E-state index >= 15 is 0 Å². The van der Waals surface area contributed by atoms with E-state index in [0.717, 1.165) is 37.4 Å². The van der Waals surface area contributed by atoms with Gasteiger partial charge in [0.25, 0.3) is 0 Å². The Morgan fingerprint density at radius 1 is 1.16 bits per heavy atom. The molecule has 1 spiro atoms. The van der Waals surface area contributed by atoms with E-state index in [0.29, 0.717) is 18.8 Å². The number of hydrogen-bond acceptors (Lipinski definition) is 5. The Morgan fingerprint density at radius 2 is 2.04 bits per heavy atom. The highest BCUT2D eigenvalue weighted by Gasteiger charge is 2.72. The van der Waals surface area contributed by atoms with Crippen LogP contribution in [0.1, 0.15) is 37.2 Å². The molecule has 1 N–H and O–H groups in total. The molecule has 0 amide bonds. The van der Waals surface area contributed by atoms with E-state index in [1.54, 1.807) is 0 Å². The molecule has 5 aliphatic heterocycles. The Bertz CT molecular complexity index is 838. The number of benzene rings is 1. The lowest BCUT2D eigenvalue weighted by Gasteiger charge is -2.62. The number of rotatable bonds is 0. The van der Waals surface area contributed by atoms with Gasteiger partial charge in [-0.2, -0.15) is 0 Å². The highest BCUT2D eigenvalue weighted by atomic mass is 16.7. The molecule has 0 aromatic heterocycles. The summed E-state index contributed by atoms with van der Waals surface area (Å²) < 4.78 is 11.3. The summed E-state index contributed by atoms with van der Waals surface area (Å²) in [6.07, 6.45) is 8.74. The van der Waals surface area contributed by atoms with Crippen LogP contribution in [0.5, 0.6) is 11.5 Å². The number of anilines is 1. The van der Waals surface area contributed by atoms with Crippen LogP contribution in [0.3, 0.4) is 0 Å².